The van der Waals surface area contributed by atoms with Gasteiger partial charge in [0.2, 0.25) is 0 Å². The van der Waals surface area contributed by atoms with Crippen molar-refractivity contribution in [3.05, 3.63) is 28.3 Å². The van der Waals surface area contributed by atoms with Crippen LogP contribution in [0.4, 0.5) is 0 Å². The summed E-state index contributed by atoms with van der Waals surface area (Å²) in [4.78, 5) is 11.9. The Morgan fingerprint density at radius 1 is 1.39 bits per heavy atom. The van der Waals surface area contributed by atoms with E-state index in [4.69, 9.17) is 16.3 Å². The second kappa shape index (κ2) is 6.64. The van der Waals surface area contributed by atoms with Crippen LogP contribution in [0.2, 0.25) is 0 Å². The molecule has 0 radical (unpaired) electrons. The number of benzene rings is 1. The third-order valence-corrected chi connectivity index (χ3v) is 3.16. The summed E-state index contributed by atoms with van der Waals surface area (Å²) in [5.41, 5.74) is 2.77. The number of ether oxygens (including phenoxy) is 1. The molecular weight excluding hydrogens is 252 g/mol. The molecule has 0 aliphatic heterocycles. The number of phenolic OH excluding ortho intramolecular Hbond substituents is 1. The Kier molecular flexibility index (Phi) is 5.48. The normalized spacial score (nSPS) is 10.4. The third-order valence-electron chi connectivity index (χ3n) is 2.97. The molecule has 0 saturated heterocycles. The predicted molar refractivity (Wildman–Crippen MR) is 72.6 cm³/mol. The molecule has 0 aliphatic carbocycles. The summed E-state index contributed by atoms with van der Waals surface area (Å²) in [6.07, 6.45) is 1.33. The zero-order valence-corrected chi connectivity index (χ0v) is 11.8. The number of esters is 1. The quantitative estimate of drug-likeness (QED) is 0.660. The standard InChI is InChI=1S/C14H19ClO3/c1-4-10-8-11(6-7-15)9(3)12(13(10)16)14(17)18-5-2/h8,16H,4-7H2,1-3H3. The van der Waals surface area contributed by atoms with Crippen molar-refractivity contribution in [1.82, 2.24) is 0 Å². The van der Waals surface area contributed by atoms with Crippen LogP contribution in [-0.2, 0) is 17.6 Å². The number of aryl methyl sites for hydroxylation is 2. The van der Waals surface area contributed by atoms with E-state index >= 15 is 0 Å². The van der Waals surface area contributed by atoms with Crippen LogP contribution in [0.25, 0.3) is 0 Å². The lowest BCUT2D eigenvalue weighted by Crippen LogP contribution is -2.10. The van der Waals surface area contributed by atoms with Gasteiger partial charge in [0, 0.05) is 5.88 Å². The predicted octanol–water partition coefficient (Wildman–Crippen LogP) is 3.22. The molecule has 0 bridgehead atoms. The Balaban J connectivity index is 3.36. The van der Waals surface area contributed by atoms with Crippen molar-refractivity contribution in [3.8, 4) is 5.75 Å². The Labute approximate surface area is 113 Å². The van der Waals surface area contributed by atoms with E-state index in [0.29, 0.717) is 25.3 Å². The first-order valence-corrected chi connectivity index (χ1v) is 6.67. The van der Waals surface area contributed by atoms with Crippen LogP contribution in [0.3, 0.4) is 0 Å². The molecule has 0 unspecified atom stereocenters. The van der Waals surface area contributed by atoms with Gasteiger partial charge in [0.1, 0.15) is 11.3 Å². The smallest absolute Gasteiger partial charge is 0.342 e. The third kappa shape index (κ3) is 2.96. The molecule has 0 amide bonds. The van der Waals surface area contributed by atoms with Crippen molar-refractivity contribution in [2.45, 2.75) is 33.6 Å². The maximum Gasteiger partial charge on any atom is 0.342 e. The van der Waals surface area contributed by atoms with Gasteiger partial charge in [0.05, 0.1) is 6.61 Å². The topological polar surface area (TPSA) is 46.5 Å². The molecule has 1 aromatic rings. The van der Waals surface area contributed by atoms with E-state index in [-0.39, 0.29) is 11.3 Å². The Hall–Kier alpha value is -1.22. The number of carbonyl (C=O) groups excluding carboxylic acids is 1. The number of alkyl halides is 1. The van der Waals surface area contributed by atoms with Gasteiger partial charge in [-0.3, -0.25) is 0 Å². The van der Waals surface area contributed by atoms with Crippen LogP contribution in [0.15, 0.2) is 6.07 Å². The summed E-state index contributed by atoms with van der Waals surface area (Å²) >= 11 is 5.76. The van der Waals surface area contributed by atoms with Crippen LogP contribution in [0.1, 0.15) is 40.9 Å². The van der Waals surface area contributed by atoms with Crippen molar-refractivity contribution in [1.29, 1.82) is 0 Å². The van der Waals surface area contributed by atoms with E-state index in [0.717, 1.165) is 16.7 Å². The van der Waals surface area contributed by atoms with Crippen molar-refractivity contribution in [2.75, 3.05) is 12.5 Å². The highest BCUT2D eigenvalue weighted by molar-refractivity contribution is 6.18. The molecule has 100 valence electrons. The maximum atomic E-state index is 11.9. The molecule has 0 aliphatic rings. The largest absolute Gasteiger partial charge is 0.507 e. The maximum absolute atomic E-state index is 11.9. The first-order valence-electron chi connectivity index (χ1n) is 6.14. The van der Waals surface area contributed by atoms with Crippen molar-refractivity contribution in [2.24, 2.45) is 0 Å². The van der Waals surface area contributed by atoms with Gasteiger partial charge < -0.3 is 9.84 Å². The van der Waals surface area contributed by atoms with E-state index in [1.807, 2.05) is 19.9 Å². The average Bonchev–Trinajstić information content (AvgIpc) is 2.33. The number of aromatic hydroxyl groups is 1. The highest BCUT2D eigenvalue weighted by Gasteiger charge is 2.20. The number of phenols is 1. The zero-order valence-electron chi connectivity index (χ0n) is 11.0. The van der Waals surface area contributed by atoms with Gasteiger partial charge in [-0.1, -0.05) is 13.0 Å². The summed E-state index contributed by atoms with van der Waals surface area (Å²) in [5.74, 6) is 0.0437. The van der Waals surface area contributed by atoms with Gasteiger partial charge in [-0.2, -0.15) is 0 Å². The van der Waals surface area contributed by atoms with E-state index in [1.165, 1.54) is 0 Å². The van der Waals surface area contributed by atoms with Crippen LogP contribution in [0.5, 0.6) is 5.75 Å². The molecule has 1 aromatic carbocycles. The highest BCUT2D eigenvalue weighted by Crippen LogP contribution is 2.30. The van der Waals surface area contributed by atoms with Gasteiger partial charge in [-0.05, 0) is 43.4 Å². The lowest BCUT2D eigenvalue weighted by molar-refractivity contribution is 0.0522. The molecule has 0 saturated carbocycles. The minimum Gasteiger partial charge on any atom is -0.507 e. The van der Waals surface area contributed by atoms with Gasteiger partial charge in [-0.15, -0.1) is 11.6 Å². The van der Waals surface area contributed by atoms with Gasteiger partial charge in [0.15, 0.2) is 0 Å². The fourth-order valence-electron chi connectivity index (χ4n) is 1.97. The summed E-state index contributed by atoms with van der Waals surface area (Å²) < 4.78 is 4.99. The average molecular weight is 271 g/mol. The summed E-state index contributed by atoms with van der Waals surface area (Å²) in [6, 6.07) is 1.91. The monoisotopic (exact) mass is 270 g/mol. The Morgan fingerprint density at radius 2 is 2.06 bits per heavy atom. The molecule has 1 rings (SSSR count). The summed E-state index contributed by atoms with van der Waals surface area (Å²) in [5, 5.41) is 10.1. The lowest BCUT2D eigenvalue weighted by atomic mass is 9.94. The van der Waals surface area contributed by atoms with Crippen molar-refractivity contribution >= 4 is 17.6 Å². The Bertz CT molecular complexity index is 441. The number of hydrogen-bond acceptors (Lipinski definition) is 3. The van der Waals surface area contributed by atoms with Crippen LogP contribution < -0.4 is 0 Å². The van der Waals surface area contributed by atoms with Crippen LogP contribution in [0, 0.1) is 6.92 Å². The summed E-state index contributed by atoms with van der Waals surface area (Å²) in [6.45, 7) is 5.78. The van der Waals surface area contributed by atoms with Crippen molar-refractivity contribution in [3.63, 3.8) is 0 Å². The van der Waals surface area contributed by atoms with Gasteiger partial charge in [-0.25, -0.2) is 4.79 Å². The van der Waals surface area contributed by atoms with Crippen LogP contribution in [-0.4, -0.2) is 23.6 Å². The molecule has 4 heteroatoms. The second-order valence-electron chi connectivity index (χ2n) is 4.06. The summed E-state index contributed by atoms with van der Waals surface area (Å²) in [7, 11) is 0. The van der Waals surface area contributed by atoms with E-state index in [1.54, 1.807) is 6.92 Å². The van der Waals surface area contributed by atoms with E-state index in [9.17, 15) is 9.90 Å². The molecular formula is C14H19ClO3. The number of carbonyl (C=O) groups is 1. The molecule has 18 heavy (non-hydrogen) atoms. The van der Waals surface area contributed by atoms with Crippen molar-refractivity contribution < 1.29 is 14.6 Å². The molecule has 0 fully saturated rings. The minimum absolute atomic E-state index is 0.0340. The van der Waals surface area contributed by atoms with Gasteiger partial charge in [0.25, 0.3) is 0 Å². The molecule has 1 N–H and O–H groups in total. The highest BCUT2D eigenvalue weighted by atomic mass is 35.5. The van der Waals surface area contributed by atoms with E-state index in [2.05, 4.69) is 0 Å². The number of rotatable bonds is 5. The fourth-order valence-corrected chi connectivity index (χ4v) is 2.17. The number of hydrogen-bond donors (Lipinski definition) is 1. The second-order valence-corrected chi connectivity index (χ2v) is 4.43. The zero-order chi connectivity index (χ0) is 13.7. The first kappa shape index (κ1) is 14.8. The molecule has 0 atom stereocenters. The molecule has 3 nitrogen and oxygen atoms in total. The number of halogens is 1. The molecule has 0 spiro atoms. The molecule has 0 heterocycles. The van der Waals surface area contributed by atoms with Crippen LogP contribution >= 0.6 is 11.6 Å². The van der Waals surface area contributed by atoms with Gasteiger partial charge >= 0.3 is 5.97 Å². The first-order chi connectivity index (χ1) is 8.56. The van der Waals surface area contributed by atoms with E-state index < -0.39 is 5.97 Å². The SMILES string of the molecule is CCOC(=O)c1c(C)c(CCCl)cc(CC)c1O. The minimum atomic E-state index is -0.473. The Morgan fingerprint density at radius 3 is 2.56 bits per heavy atom. The lowest BCUT2D eigenvalue weighted by Gasteiger charge is -2.15. The fraction of sp³-hybridized carbons (Fsp3) is 0.500. The molecule has 0 aromatic heterocycles.